The van der Waals surface area contributed by atoms with E-state index in [4.69, 9.17) is 0 Å². The molecule has 2 nitrogen and oxygen atoms in total. The van der Waals surface area contributed by atoms with E-state index in [1.807, 2.05) is 0 Å². The van der Waals surface area contributed by atoms with Crippen LogP contribution in [0.4, 0.5) is 34.1 Å². The van der Waals surface area contributed by atoms with Crippen LogP contribution in [-0.4, -0.2) is 0 Å². The van der Waals surface area contributed by atoms with E-state index < -0.39 is 0 Å². The van der Waals surface area contributed by atoms with Crippen LogP contribution in [-0.2, 0) is 32.1 Å². The van der Waals surface area contributed by atoms with Crippen LogP contribution in [0.3, 0.4) is 0 Å². The lowest BCUT2D eigenvalue weighted by Crippen LogP contribution is -2.11. The second kappa shape index (κ2) is 14.1. The van der Waals surface area contributed by atoms with Crippen molar-refractivity contribution in [3.8, 4) is 55.6 Å². The molecule has 0 bridgehead atoms. The summed E-state index contributed by atoms with van der Waals surface area (Å²) in [7, 11) is 0. The fraction of sp³-hybridized carbons (Fsp3) is 0.0769. The van der Waals surface area contributed by atoms with Gasteiger partial charge in [-0.25, -0.2) is 0 Å². The van der Waals surface area contributed by atoms with Crippen molar-refractivity contribution in [2.75, 3.05) is 9.80 Å². The molecule has 0 radical (unpaired) electrons. The molecule has 0 saturated carbocycles. The summed E-state index contributed by atoms with van der Waals surface area (Å²) in [6.45, 7) is 0. The molecule has 0 spiro atoms. The third kappa shape index (κ3) is 5.69. The first kappa shape index (κ1) is 37.1. The summed E-state index contributed by atoms with van der Waals surface area (Å²) in [6, 6.07) is 78.4. The standard InChI is InChI=1S/C65H44N2/c1-5-13-56-40(9-1)29-44-34-50(17-23-60(44)56)66(51-18-24-61-45(35-51)30-41-10-2-6-14-57(41)61)54-21-27-64-48(38-54)33-49-39-55(22-28-65(49)64)67(52-19-25-62-46(36-52)31-42-11-3-7-15-58(42)62)53-20-26-63-47(37-53)32-43-12-4-8-16-59(43)63/h1-28,34-39H,29-33H2. The number of rotatable bonds is 6. The van der Waals surface area contributed by atoms with Crippen LogP contribution in [0.1, 0.15) is 55.6 Å². The average Bonchev–Trinajstić information content (AvgIpc) is 4.19. The maximum absolute atomic E-state index is 2.50. The number of hydrogen-bond acceptors (Lipinski definition) is 2. The quantitative estimate of drug-likeness (QED) is 0.164. The molecule has 10 aromatic rings. The van der Waals surface area contributed by atoms with Gasteiger partial charge in [0.15, 0.2) is 0 Å². The van der Waals surface area contributed by atoms with E-state index in [1.165, 1.54) is 145 Å². The van der Waals surface area contributed by atoms with Crippen molar-refractivity contribution in [3.05, 3.63) is 262 Å². The highest BCUT2D eigenvalue weighted by molar-refractivity contribution is 5.91. The molecule has 0 atom stereocenters. The lowest BCUT2D eigenvalue weighted by molar-refractivity contribution is 1.20. The first-order valence-electron chi connectivity index (χ1n) is 23.9. The second-order valence-corrected chi connectivity index (χ2v) is 19.2. The highest BCUT2D eigenvalue weighted by atomic mass is 15.1. The predicted molar refractivity (Wildman–Crippen MR) is 277 cm³/mol. The molecule has 67 heavy (non-hydrogen) atoms. The summed E-state index contributed by atoms with van der Waals surface area (Å²) in [5, 5.41) is 0. The Kier molecular flexibility index (Phi) is 7.83. The minimum Gasteiger partial charge on any atom is -0.310 e. The number of nitrogens with zero attached hydrogens (tertiary/aromatic N) is 2. The summed E-state index contributed by atoms with van der Waals surface area (Å²) >= 11 is 0. The van der Waals surface area contributed by atoms with Gasteiger partial charge >= 0.3 is 0 Å². The van der Waals surface area contributed by atoms with E-state index in [0.29, 0.717) is 0 Å². The molecule has 0 heterocycles. The molecule has 314 valence electrons. The molecule has 0 aliphatic heterocycles. The molecular weight excluding hydrogens is 809 g/mol. The van der Waals surface area contributed by atoms with Crippen LogP contribution in [0.2, 0.25) is 0 Å². The van der Waals surface area contributed by atoms with Crippen LogP contribution < -0.4 is 9.80 Å². The lowest BCUT2D eigenvalue weighted by Gasteiger charge is -2.27. The summed E-state index contributed by atoms with van der Waals surface area (Å²) in [4.78, 5) is 5.00. The molecule has 0 saturated heterocycles. The van der Waals surface area contributed by atoms with E-state index in [0.717, 1.165) is 32.1 Å². The third-order valence-corrected chi connectivity index (χ3v) is 15.5. The van der Waals surface area contributed by atoms with Gasteiger partial charge in [0.1, 0.15) is 0 Å². The fourth-order valence-corrected chi connectivity index (χ4v) is 12.4. The van der Waals surface area contributed by atoms with Crippen molar-refractivity contribution >= 4 is 34.1 Å². The van der Waals surface area contributed by atoms with Gasteiger partial charge in [-0.1, -0.05) is 133 Å². The average molecular weight is 853 g/mol. The molecule has 15 rings (SSSR count). The third-order valence-electron chi connectivity index (χ3n) is 15.5. The minimum absolute atomic E-state index is 0.881. The largest absolute Gasteiger partial charge is 0.310 e. The van der Waals surface area contributed by atoms with Crippen molar-refractivity contribution in [2.45, 2.75) is 32.1 Å². The molecule has 10 aromatic carbocycles. The van der Waals surface area contributed by atoms with Crippen LogP contribution in [0.15, 0.2) is 206 Å². The van der Waals surface area contributed by atoms with Gasteiger partial charge in [0.05, 0.1) is 0 Å². The molecular formula is C65H44N2. The summed E-state index contributed by atoms with van der Waals surface area (Å²) in [6.07, 6.45) is 4.73. The minimum atomic E-state index is 0.881. The monoisotopic (exact) mass is 852 g/mol. The van der Waals surface area contributed by atoms with E-state index in [9.17, 15) is 0 Å². The maximum Gasteiger partial charge on any atom is 0.0464 e. The van der Waals surface area contributed by atoms with E-state index in [2.05, 4.69) is 216 Å². The first-order chi connectivity index (χ1) is 33.1. The predicted octanol–water partition coefficient (Wildman–Crippen LogP) is 16.5. The number of benzene rings is 10. The molecule has 2 heteroatoms. The van der Waals surface area contributed by atoms with Crippen LogP contribution in [0.25, 0.3) is 55.6 Å². The Bertz CT molecular complexity index is 3320. The van der Waals surface area contributed by atoms with Crippen LogP contribution in [0.5, 0.6) is 0 Å². The van der Waals surface area contributed by atoms with Crippen molar-refractivity contribution in [2.24, 2.45) is 0 Å². The van der Waals surface area contributed by atoms with Crippen LogP contribution >= 0.6 is 0 Å². The van der Waals surface area contributed by atoms with Gasteiger partial charge in [-0.3, -0.25) is 0 Å². The van der Waals surface area contributed by atoms with Gasteiger partial charge in [0, 0.05) is 34.1 Å². The molecule has 0 unspecified atom stereocenters. The van der Waals surface area contributed by atoms with Crippen molar-refractivity contribution in [1.82, 2.24) is 0 Å². The number of anilines is 6. The highest BCUT2D eigenvalue weighted by Gasteiger charge is 2.28. The van der Waals surface area contributed by atoms with E-state index in [1.54, 1.807) is 0 Å². The van der Waals surface area contributed by atoms with Gasteiger partial charge in [-0.2, -0.15) is 0 Å². The molecule has 0 N–H and O–H groups in total. The molecule has 5 aliphatic carbocycles. The van der Waals surface area contributed by atoms with Crippen molar-refractivity contribution in [3.63, 3.8) is 0 Å². The smallest absolute Gasteiger partial charge is 0.0464 e. The van der Waals surface area contributed by atoms with Gasteiger partial charge in [-0.15, -0.1) is 0 Å². The zero-order chi connectivity index (χ0) is 43.7. The Morgan fingerprint density at radius 2 is 0.358 bits per heavy atom. The topological polar surface area (TPSA) is 6.48 Å². The zero-order valence-corrected chi connectivity index (χ0v) is 37.1. The summed E-state index contributed by atoms with van der Waals surface area (Å²) in [5.74, 6) is 0. The first-order valence-corrected chi connectivity index (χ1v) is 23.9. The zero-order valence-electron chi connectivity index (χ0n) is 37.1. The van der Waals surface area contributed by atoms with Crippen molar-refractivity contribution in [1.29, 1.82) is 0 Å². The highest BCUT2D eigenvalue weighted by Crippen LogP contribution is 2.49. The number of fused-ring (bicyclic) bond motifs is 15. The Labute approximate surface area is 391 Å². The van der Waals surface area contributed by atoms with Gasteiger partial charge in [0.2, 0.25) is 0 Å². The number of hydrogen-bond donors (Lipinski definition) is 0. The Balaban J connectivity index is 0.816. The van der Waals surface area contributed by atoms with Crippen LogP contribution in [0, 0.1) is 0 Å². The normalized spacial score (nSPS) is 13.4. The SMILES string of the molecule is c1ccc2c(c1)Cc1cc(N(c3ccc4c(c3)Cc3ccccc3-4)c3ccc4c(c3)Cc3cc(N(c5ccc6c(c5)Cc5ccccc5-6)c5ccc6c(c5)Cc5ccccc5-6)ccc3-4)ccc1-2. The Hall–Kier alpha value is -8.20. The molecule has 5 aliphatic rings. The summed E-state index contributed by atoms with van der Waals surface area (Å²) in [5.41, 5.74) is 34.7. The maximum atomic E-state index is 2.50. The fourth-order valence-electron chi connectivity index (χ4n) is 12.4. The van der Waals surface area contributed by atoms with Gasteiger partial charge < -0.3 is 9.80 Å². The lowest BCUT2D eigenvalue weighted by atomic mass is 10.0. The van der Waals surface area contributed by atoms with E-state index >= 15 is 0 Å². The van der Waals surface area contributed by atoms with E-state index in [-0.39, 0.29) is 0 Å². The van der Waals surface area contributed by atoms with Crippen molar-refractivity contribution < 1.29 is 0 Å². The van der Waals surface area contributed by atoms with Gasteiger partial charge in [-0.05, 0) is 216 Å². The second-order valence-electron chi connectivity index (χ2n) is 19.2. The molecule has 0 amide bonds. The van der Waals surface area contributed by atoms with Gasteiger partial charge in [0.25, 0.3) is 0 Å². The molecule has 0 fully saturated rings. The molecule has 0 aromatic heterocycles. The summed E-state index contributed by atoms with van der Waals surface area (Å²) < 4.78 is 0. The Morgan fingerprint density at radius 3 is 0.582 bits per heavy atom. The Morgan fingerprint density at radius 1 is 0.179 bits per heavy atom.